The number of aromatic nitrogens is 1. The van der Waals surface area contributed by atoms with Crippen LogP contribution in [0.1, 0.15) is 27.2 Å². The maximum Gasteiger partial charge on any atom is 0.0717 e. The Hall–Kier alpha value is -1.81. The number of aliphatic hydroxyl groups excluding tert-OH is 1. The maximum atomic E-state index is 10.1. The zero-order valence-electron chi connectivity index (χ0n) is 12.4. The van der Waals surface area contributed by atoms with Gasteiger partial charge in [-0.05, 0) is 30.0 Å². The molecule has 1 unspecified atom stereocenters. The molecule has 1 atom stereocenters. The Morgan fingerprint density at radius 1 is 1.25 bits per heavy atom. The minimum absolute atomic E-state index is 0.119. The zero-order valence-corrected chi connectivity index (χ0v) is 12.4. The Bertz CT molecular complexity index is 590. The zero-order chi connectivity index (χ0) is 14.8. The minimum atomic E-state index is -0.371. The number of benzene rings is 1. The molecule has 0 aliphatic carbocycles. The van der Waals surface area contributed by atoms with Gasteiger partial charge >= 0.3 is 0 Å². The summed E-state index contributed by atoms with van der Waals surface area (Å²) in [4.78, 5) is 4.10. The van der Waals surface area contributed by atoms with Gasteiger partial charge in [-0.1, -0.05) is 20.8 Å². The summed E-state index contributed by atoms with van der Waals surface area (Å²) in [5.74, 6) is 0. The van der Waals surface area contributed by atoms with E-state index in [1.807, 2.05) is 18.2 Å². The van der Waals surface area contributed by atoms with E-state index >= 15 is 0 Å². The van der Waals surface area contributed by atoms with Crippen LogP contribution in [0.15, 0.2) is 30.6 Å². The van der Waals surface area contributed by atoms with Gasteiger partial charge in [0.05, 0.1) is 6.10 Å². The molecule has 0 fully saturated rings. The normalized spacial score (nSPS) is 13.4. The first-order chi connectivity index (χ1) is 9.37. The van der Waals surface area contributed by atoms with Crippen LogP contribution >= 0.6 is 0 Å². The molecular weight excluding hydrogens is 250 g/mol. The van der Waals surface area contributed by atoms with Gasteiger partial charge in [0.2, 0.25) is 0 Å². The maximum absolute atomic E-state index is 10.1. The molecule has 1 heterocycles. The molecule has 0 radical (unpaired) electrons. The molecule has 0 spiro atoms. The molecule has 1 aromatic heterocycles. The van der Waals surface area contributed by atoms with Crippen LogP contribution in [0.3, 0.4) is 0 Å². The fourth-order valence-electron chi connectivity index (χ4n) is 2.37. The second kappa shape index (κ2) is 5.67. The van der Waals surface area contributed by atoms with Crippen molar-refractivity contribution in [1.82, 2.24) is 4.98 Å². The Labute approximate surface area is 120 Å². The molecule has 4 nitrogen and oxygen atoms in total. The van der Waals surface area contributed by atoms with E-state index < -0.39 is 0 Å². The van der Waals surface area contributed by atoms with Gasteiger partial charge in [-0.3, -0.25) is 4.98 Å². The minimum Gasteiger partial charge on any atom is -0.398 e. The summed E-state index contributed by atoms with van der Waals surface area (Å²) in [6.45, 7) is 6.90. The smallest absolute Gasteiger partial charge is 0.0717 e. The first-order valence-electron chi connectivity index (χ1n) is 6.91. The number of aliphatic hydroxyl groups is 1. The number of hydrogen-bond acceptors (Lipinski definition) is 4. The van der Waals surface area contributed by atoms with Crippen LogP contribution in [0, 0.1) is 5.41 Å². The molecule has 4 N–H and O–H groups in total. The molecule has 1 aromatic carbocycles. The van der Waals surface area contributed by atoms with Crippen molar-refractivity contribution >= 4 is 22.1 Å². The molecule has 4 heteroatoms. The summed E-state index contributed by atoms with van der Waals surface area (Å²) in [7, 11) is 0. The number of pyridine rings is 1. The summed E-state index contributed by atoms with van der Waals surface area (Å²) in [6.07, 6.45) is 3.90. The van der Waals surface area contributed by atoms with Gasteiger partial charge in [0.1, 0.15) is 0 Å². The first-order valence-corrected chi connectivity index (χ1v) is 6.91. The van der Waals surface area contributed by atoms with E-state index in [9.17, 15) is 5.11 Å². The van der Waals surface area contributed by atoms with E-state index in [-0.39, 0.29) is 11.5 Å². The molecule has 20 heavy (non-hydrogen) atoms. The molecule has 2 rings (SSSR count). The molecule has 0 aliphatic rings. The Balaban J connectivity index is 2.13. The summed E-state index contributed by atoms with van der Waals surface area (Å²) in [6, 6.07) is 5.74. The lowest BCUT2D eigenvalue weighted by Crippen LogP contribution is -2.25. The van der Waals surface area contributed by atoms with Crippen molar-refractivity contribution in [2.75, 3.05) is 17.6 Å². The largest absolute Gasteiger partial charge is 0.398 e. The quantitative estimate of drug-likeness (QED) is 0.749. The van der Waals surface area contributed by atoms with Crippen molar-refractivity contribution in [1.29, 1.82) is 0 Å². The molecule has 0 bridgehead atoms. The monoisotopic (exact) mass is 273 g/mol. The molecule has 0 saturated heterocycles. The second-order valence-electron chi connectivity index (χ2n) is 6.42. The number of nitrogens with two attached hydrogens (primary N) is 1. The Morgan fingerprint density at radius 2 is 2.00 bits per heavy atom. The van der Waals surface area contributed by atoms with E-state index in [0.29, 0.717) is 12.2 Å². The average molecular weight is 273 g/mol. The molecule has 2 aromatic rings. The number of fused-ring (bicyclic) bond motifs is 1. The lowest BCUT2D eigenvalue weighted by atomic mass is 9.89. The molecular formula is C16H23N3O. The lowest BCUT2D eigenvalue weighted by molar-refractivity contribution is 0.132. The third-order valence-electron chi connectivity index (χ3n) is 3.23. The number of rotatable bonds is 4. The number of hydrogen-bond donors (Lipinski definition) is 3. The Morgan fingerprint density at radius 3 is 2.70 bits per heavy atom. The summed E-state index contributed by atoms with van der Waals surface area (Å²) >= 11 is 0. The highest BCUT2D eigenvalue weighted by molar-refractivity contribution is 6.00. The van der Waals surface area contributed by atoms with Gasteiger partial charge in [0.15, 0.2) is 0 Å². The van der Waals surface area contributed by atoms with E-state index in [1.54, 1.807) is 12.4 Å². The highest BCUT2D eigenvalue weighted by atomic mass is 16.3. The predicted octanol–water partition coefficient (Wildman–Crippen LogP) is 3.03. The van der Waals surface area contributed by atoms with Crippen molar-refractivity contribution < 1.29 is 5.11 Å². The molecule has 0 saturated carbocycles. The van der Waals surface area contributed by atoms with E-state index in [4.69, 9.17) is 5.73 Å². The number of anilines is 2. The van der Waals surface area contributed by atoms with Crippen LogP contribution in [0.5, 0.6) is 0 Å². The van der Waals surface area contributed by atoms with Crippen LogP contribution in [-0.2, 0) is 0 Å². The lowest BCUT2D eigenvalue weighted by Gasteiger charge is -2.23. The molecule has 0 aliphatic heterocycles. The standard InChI is InChI=1S/C16H23N3O/c1-16(2,3)8-11(20)9-19-15-5-4-14(17)13-10-18-7-6-12(13)15/h4-7,10-11,19-20H,8-9,17H2,1-3H3. The van der Waals surface area contributed by atoms with Crippen LogP contribution in [0.2, 0.25) is 0 Å². The third-order valence-corrected chi connectivity index (χ3v) is 3.23. The average Bonchev–Trinajstić information content (AvgIpc) is 2.36. The van der Waals surface area contributed by atoms with Crippen molar-refractivity contribution in [3.63, 3.8) is 0 Å². The fourth-order valence-corrected chi connectivity index (χ4v) is 2.37. The molecule has 108 valence electrons. The van der Waals surface area contributed by atoms with Crippen LogP contribution in [0.4, 0.5) is 11.4 Å². The first kappa shape index (κ1) is 14.6. The van der Waals surface area contributed by atoms with Gasteiger partial charge in [0, 0.05) is 41.1 Å². The van der Waals surface area contributed by atoms with Gasteiger partial charge in [0.25, 0.3) is 0 Å². The second-order valence-corrected chi connectivity index (χ2v) is 6.42. The highest BCUT2D eigenvalue weighted by Crippen LogP contribution is 2.28. The van der Waals surface area contributed by atoms with Crippen LogP contribution in [-0.4, -0.2) is 22.7 Å². The number of nitrogen functional groups attached to an aromatic ring is 1. The van der Waals surface area contributed by atoms with Gasteiger partial charge < -0.3 is 16.2 Å². The topological polar surface area (TPSA) is 71.2 Å². The van der Waals surface area contributed by atoms with Crippen molar-refractivity contribution in [2.45, 2.75) is 33.3 Å². The van der Waals surface area contributed by atoms with Crippen molar-refractivity contribution in [2.24, 2.45) is 5.41 Å². The Kier molecular flexibility index (Phi) is 4.14. The third kappa shape index (κ3) is 3.61. The van der Waals surface area contributed by atoms with Gasteiger partial charge in [-0.25, -0.2) is 0 Å². The summed E-state index contributed by atoms with van der Waals surface area (Å²) < 4.78 is 0. The van der Waals surface area contributed by atoms with Gasteiger partial charge in [-0.15, -0.1) is 0 Å². The summed E-state index contributed by atoms with van der Waals surface area (Å²) in [5.41, 5.74) is 7.76. The van der Waals surface area contributed by atoms with Crippen molar-refractivity contribution in [3.8, 4) is 0 Å². The van der Waals surface area contributed by atoms with Crippen molar-refractivity contribution in [3.05, 3.63) is 30.6 Å². The molecule has 0 amide bonds. The van der Waals surface area contributed by atoms with E-state index in [1.165, 1.54) is 0 Å². The predicted molar refractivity (Wildman–Crippen MR) is 84.7 cm³/mol. The van der Waals surface area contributed by atoms with E-state index in [2.05, 4.69) is 31.1 Å². The van der Waals surface area contributed by atoms with E-state index in [0.717, 1.165) is 22.9 Å². The highest BCUT2D eigenvalue weighted by Gasteiger charge is 2.16. The van der Waals surface area contributed by atoms with Gasteiger partial charge in [-0.2, -0.15) is 0 Å². The van der Waals surface area contributed by atoms with Crippen LogP contribution in [0.25, 0.3) is 10.8 Å². The number of nitrogens with one attached hydrogen (secondary N) is 1. The summed E-state index contributed by atoms with van der Waals surface area (Å²) in [5, 5.41) is 15.3. The SMILES string of the molecule is CC(C)(C)CC(O)CNc1ccc(N)c2cnccc12. The fraction of sp³-hybridized carbons (Fsp3) is 0.438. The number of nitrogens with zero attached hydrogens (tertiary/aromatic N) is 1. The van der Waals surface area contributed by atoms with Crippen LogP contribution < -0.4 is 11.1 Å².